The van der Waals surface area contributed by atoms with Gasteiger partial charge in [-0.2, -0.15) is 4.31 Å². The normalized spacial score (nSPS) is 20.5. The van der Waals surface area contributed by atoms with Crippen molar-refractivity contribution < 1.29 is 56.3 Å². The van der Waals surface area contributed by atoms with Gasteiger partial charge in [-0.1, -0.05) is 44.2 Å². The van der Waals surface area contributed by atoms with E-state index < -0.39 is 70.2 Å². The van der Waals surface area contributed by atoms with Crippen LogP contribution in [0.4, 0.5) is 9.59 Å². The highest BCUT2D eigenvalue weighted by Crippen LogP contribution is 2.36. The fourth-order valence-electron chi connectivity index (χ4n) is 6.42. The third-order valence-electron chi connectivity index (χ3n) is 9.20. The number of amides is 3. The Labute approximate surface area is 316 Å². The third kappa shape index (κ3) is 11.4. The number of hydrogen-bond acceptors (Lipinski definition) is 12. The average Bonchev–Trinajstić information content (AvgIpc) is 3.85. The molecule has 2 saturated heterocycles. The van der Waals surface area contributed by atoms with E-state index in [1.165, 1.54) is 22.5 Å². The van der Waals surface area contributed by atoms with E-state index in [1.54, 1.807) is 20.8 Å². The van der Waals surface area contributed by atoms with Gasteiger partial charge in [-0.25, -0.2) is 18.0 Å². The number of alkyl carbamates (subject to hydrolysis) is 2. The number of aliphatic hydroxyl groups is 1. The number of nitrogens with zero attached hydrogens (tertiary/aromatic N) is 1. The molecule has 0 aliphatic carbocycles. The lowest BCUT2D eigenvalue weighted by Gasteiger charge is -2.35. The van der Waals surface area contributed by atoms with E-state index in [0.717, 1.165) is 5.56 Å². The minimum atomic E-state index is -4.27. The van der Waals surface area contributed by atoms with Gasteiger partial charge in [-0.3, -0.25) is 4.79 Å². The van der Waals surface area contributed by atoms with Gasteiger partial charge in [0.05, 0.1) is 42.7 Å². The lowest BCUT2D eigenvalue weighted by molar-refractivity contribution is -0.120. The first-order chi connectivity index (χ1) is 25.5. The van der Waals surface area contributed by atoms with Crippen molar-refractivity contribution in [3.63, 3.8) is 0 Å². The molecule has 0 saturated carbocycles. The predicted octanol–water partition coefficient (Wildman–Crippen LogP) is 2.92. The molecule has 2 aromatic rings. The van der Waals surface area contributed by atoms with Crippen LogP contribution in [0.15, 0.2) is 53.4 Å². The lowest BCUT2D eigenvalue weighted by atomic mass is 9.89. The molecule has 0 spiro atoms. The van der Waals surface area contributed by atoms with Gasteiger partial charge >= 0.3 is 12.2 Å². The van der Waals surface area contributed by atoms with Crippen LogP contribution in [0.2, 0.25) is 0 Å². The van der Waals surface area contributed by atoms with Crippen molar-refractivity contribution in [2.75, 3.05) is 46.2 Å². The molecule has 298 valence electrons. The molecule has 2 aromatic carbocycles. The molecule has 3 aliphatic rings. The summed E-state index contributed by atoms with van der Waals surface area (Å²) >= 11 is 0. The summed E-state index contributed by atoms with van der Waals surface area (Å²) in [5.74, 6) is 0.143. The summed E-state index contributed by atoms with van der Waals surface area (Å²) in [5.41, 5.74) is -0.650. The highest BCUT2D eigenvalue weighted by molar-refractivity contribution is 7.89. The van der Waals surface area contributed by atoms with Crippen LogP contribution < -0.4 is 25.4 Å². The van der Waals surface area contributed by atoms with Crippen LogP contribution in [0.25, 0.3) is 0 Å². The molecule has 3 amide bonds. The zero-order valence-corrected chi connectivity index (χ0v) is 32.2. The summed E-state index contributed by atoms with van der Waals surface area (Å²) in [6.07, 6.45) is -2.62. The molecule has 3 aliphatic heterocycles. The molecule has 5 atom stereocenters. The highest BCUT2D eigenvalue weighted by Gasteiger charge is 2.44. The van der Waals surface area contributed by atoms with E-state index in [-0.39, 0.29) is 56.0 Å². The minimum Gasteiger partial charge on any atom is -0.454 e. The maximum Gasteiger partial charge on any atom is 0.408 e. The molecule has 0 unspecified atom stereocenters. The number of nitrogens with one attached hydrogen (secondary N) is 3. The Morgan fingerprint density at radius 1 is 0.981 bits per heavy atom. The Morgan fingerprint density at radius 2 is 1.72 bits per heavy atom. The van der Waals surface area contributed by atoms with E-state index in [1.807, 2.05) is 44.2 Å². The second kappa shape index (κ2) is 17.5. The van der Waals surface area contributed by atoms with Gasteiger partial charge in [0, 0.05) is 25.7 Å². The number of carbonyl (C=O) groups excluding carboxylic acids is 3. The van der Waals surface area contributed by atoms with E-state index in [0.29, 0.717) is 25.2 Å². The first-order valence-electron chi connectivity index (χ1n) is 18.0. The van der Waals surface area contributed by atoms with Crippen molar-refractivity contribution >= 4 is 28.1 Å². The molecule has 16 nitrogen and oxygen atoms in total. The highest BCUT2D eigenvalue weighted by atomic mass is 32.2. The summed E-state index contributed by atoms with van der Waals surface area (Å²) in [5, 5.41) is 19.8. The van der Waals surface area contributed by atoms with E-state index in [2.05, 4.69) is 16.0 Å². The topological polar surface area (TPSA) is 200 Å². The number of sulfonamides is 1. The molecule has 0 bridgehead atoms. The number of benzene rings is 2. The molecule has 0 radical (unpaired) electrons. The Hall–Kier alpha value is -4.16. The van der Waals surface area contributed by atoms with Crippen molar-refractivity contribution in [3.05, 3.63) is 54.1 Å². The average molecular weight is 777 g/mol. The summed E-state index contributed by atoms with van der Waals surface area (Å²) in [7, 11) is -4.27. The number of hydrogen-bond donors (Lipinski definition) is 4. The summed E-state index contributed by atoms with van der Waals surface area (Å²) in [6.45, 7) is 8.88. The zero-order chi connectivity index (χ0) is 39.1. The quantitative estimate of drug-likeness (QED) is 0.195. The third-order valence-corrected chi connectivity index (χ3v) is 11.0. The van der Waals surface area contributed by atoms with Crippen LogP contribution in [-0.4, -0.2) is 112 Å². The maximum absolute atomic E-state index is 14.4. The Balaban J connectivity index is 1.30. The fourth-order valence-corrected chi connectivity index (χ4v) is 8.08. The van der Waals surface area contributed by atoms with Crippen molar-refractivity contribution in [3.8, 4) is 11.5 Å². The fraction of sp³-hybridized carbons (Fsp3) is 0.595. The SMILES string of the molecule is CC(C)(CCNC(=O)CNC(=O)OC(C)(C)C)CN(C[C@H](O)[C@H](Cc1ccccc1)NC(=O)O[C@H]1CO[C@H]2OCC[C@H]21)S(=O)(=O)c1ccc2c(c1)OCO2. The number of fused-ring (bicyclic) bond motifs is 2. The Bertz CT molecular complexity index is 1720. The Kier molecular flexibility index (Phi) is 13.3. The standard InChI is InChI=1S/C37H52N4O12S/c1-36(2,3)53-34(44)39-19-32(43)38-15-14-37(4,5)22-41(54(46,47)25-11-12-29-30(18-25)51-23-50-29)20-28(42)27(17-24-9-7-6-8-10-24)40-35(45)52-31-21-49-33-26(31)13-16-48-33/h6-12,18,26-28,31,33,42H,13-17,19-23H2,1-5H3,(H,38,43)(H,39,44)(H,40,45)/t26-,27-,28-,31-,33+/m0/s1. The van der Waals surface area contributed by atoms with Gasteiger partial charge in [0.15, 0.2) is 17.8 Å². The van der Waals surface area contributed by atoms with E-state index >= 15 is 0 Å². The molecule has 0 aromatic heterocycles. The van der Waals surface area contributed by atoms with Gasteiger partial charge in [0.25, 0.3) is 0 Å². The minimum absolute atomic E-state index is 0.0440. The predicted molar refractivity (Wildman–Crippen MR) is 194 cm³/mol. The molecule has 4 N–H and O–H groups in total. The lowest BCUT2D eigenvalue weighted by Crippen LogP contribution is -2.52. The number of rotatable bonds is 16. The molecule has 5 rings (SSSR count). The number of aliphatic hydroxyl groups excluding tert-OH is 1. The maximum atomic E-state index is 14.4. The Morgan fingerprint density at radius 3 is 2.46 bits per heavy atom. The smallest absolute Gasteiger partial charge is 0.408 e. The molecule has 17 heteroatoms. The van der Waals surface area contributed by atoms with Crippen LogP contribution in [0.1, 0.15) is 53.0 Å². The van der Waals surface area contributed by atoms with E-state index in [9.17, 15) is 27.9 Å². The van der Waals surface area contributed by atoms with Crippen LogP contribution in [0.5, 0.6) is 11.5 Å². The summed E-state index contributed by atoms with van der Waals surface area (Å²) < 4.78 is 62.8. The first kappa shape index (κ1) is 41.0. The van der Waals surface area contributed by atoms with Gasteiger partial charge in [0.2, 0.25) is 22.7 Å². The zero-order valence-electron chi connectivity index (χ0n) is 31.4. The van der Waals surface area contributed by atoms with Crippen molar-refractivity contribution in [1.82, 2.24) is 20.3 Å². The summed E-state index contributed by atoms with van der Waals surface area (Å²) in [4.78, 5) is 37.7. The molecular formula is C37H52N4O12S. The number of carbonyl (C=O) groups is 3. The van der Waals surface area contributed by atoms with Gasteiger partial charge < -0.3 is 49.5 Å². The second-order valence-electron chi connectivity index (χ2n) is 15.4. The van der Waals surface area contributed by atoms with Crippen molar-refractivity contribution in [2.24, 2.45) is 11.3 Å². The molecule has 3 heterocycles. The first-order valence-corrected chi connectivity index (χ1v) is 19.5. The van der Waals surface area contributed by atoms with Crippen LogP contribution >= 0.6 is 0 Å². The van der Waals surface area contributed by atoms with E-state index in [4.69, 9.17) is 28.4 Å². The van der Waals surface area contributed by atoms with Crippen LogP contribution in [-0.2, 0) is 40.2 Å². The summed E-state index contributed by atoms with van der Waals surface area (Å²) in [6, 6.07) is 12.6. The molecule has 2 fully saturated rings. The van der Waals surface area contributed by atoms with Gasteiger partial charge in [-0.05, 0) is 63.1 Å². The largest absolute Gasteiger partial charge is 0.454 e. The van der Waals surface area contributed by atoms with Crippen molar-refractivity contribution in [1.29, 1.82) is 0 Å². The van der Waals surface area contributed by atoms with Crippen molar-refractivity contribution in [2.45, 2.75) is 88.9 Å². The number of ether oxygens (including phenoxy) is 6. The monoisotopic (exact) mass is 776 g/mol. The molecule has 54 heavy (non-hydrogen) atoms. The van der Waals surface area contributed by atoms with Gasteiger partial charge in [0.1, 0.15) is 11.7 Å². The van der Waals surface area contributed by atoms with Crippen LogP contribution in [0.3, 0.4) is 0 Å². The van der Waals surface area contributed by atoms with Crippen LogP contribution in [0, 0.1) is 11.3 Å². The van der Waals surface area contributed by atoms with Gasteiger partial charge in [-0.15, -0.1) is 0 Å². The second-order valence-corrected chi connectivity index (χ2v) is 17.3. The molecular weight excluding hydrogens is 724 g/mol.